The summed E-state index contributed by atoms with van der Waals surface area (Å²) in [6.07, 6.45) is 1.04. The molecule has 1 aromatic rings. The fourth-order valence-electron chi connectivity index (χ4n) is 1.28. The molecule has 0 aliphatic carbocycles. The Morgan fingerprint density at radius 2 is 2.05 bits per heavy atom. The second kappa shape index (κ2) is 6.07. The van der Waals surface area contributed by atoms with E-state index in [1.165, 1.54) is 13.8 Å². The highest BCUT2D eigenvalue weighted by Crippen LogP contribution is 2.19. The van der Waals surface area contributed by atoms with Crippen LogP contribution in [0.1, 0.15) is 19.4 Å². The molecule has 0 fully saturated rings. The number of benzene rings is 1. The maximum Gasteiger partial charge on any atom is 0.245 e. The van der Waals surface area contributed by atoms with Crippen LogP contribution in [0.3, 0.4) is 0 Å². The molecular formula is C14H18N2O3S. The lowest BCUT2D eigenvalue weighted by Crippen LogP contribution is -2.43. The number of nitrogens with one attached hydrogen (secondary N) is 1. The SMILES string of the molecule is CC(C)(C(=O)Nc1cccc(C#CCN)c1)S(C)(=O)=O. The fraction of sp³-hybridized carbons (Fsp3) is 0.357. The van der Waals surface area contributed by atoms with Crippen LogP contribution < -0.4 is 11.1 Å². The van der Waals surface area contributed by atoms with Crippen LogP contribution in [0.25, 0.3) is 0 Å². The van der Waals surface area contributed by atoms with Gasteiger partial charge in [0.15, 0.2) is 9.84 Å². The normalized spacial score (nSPS) is 11.4. The van der Waals surface area contributed by atoms with Crippen LogP contribution in [-0.2, 0) is 14.6 Å². The molecule has 6 heteroatoms. The second-order valence-corrected chi connectivity index (χ2v) is 7.39. The van der Waals surface area contributed by atoms with Crippen molar-refractivity contribution in [2.45, 2.75) is 18.6 Å². The van der Waals surface area contributed by atoms with Crippen molar-refractivity contribution >= 4 is 21.4 Å². The lowest BCUT2D eigenvalue weighted by atomic mass is 10.1. The first-order valence-electron chi connectivity index (χ1n) is 5.98. The molecule has 5 nitrogen and oxygen atoms in total. The number of carbonyl (C=O) groups is 1. The number of nitrogens with two attached hydrogens (primary N) is 1. The minimum absolute atomic E-state index is 0.248. The first kappa shape index (κ1) is 16.2. The highest BCUT2D eigenvalue weighted by atomic mass is 32.2. The Morgan fingerprint density at radius 1 is 1.40 bits per heavy atom. The molecule has 20 heavy (non-hydrogen) atoms. The maximum atomic E-state index is 12.1. The van der Waals surface area contributed by atoms with Gasteiger partial charge < -0.3 is 11.1 Å². The standard InChI is InChI=1S/C14H18N2O3S/c1-14(2,20(3,18)19)13(17)16-12-8-4-6-11(10-12)7-5-9-15/h4,6,8,10H,9,15H2,1-3H3,(H,16,17). The summed E-state index contributed by atoms with van der Waals surface area (Å²) in [4.78, 5) is 12.1. The third kappa shape index (κ3) is 3.83. The van der Waals surface area contributed by atoms with Crippen molar-refractivity contribution in [3.05, 3.63) is 29.8 Å². The van der Waals surface area contributed by atoms with Gasteiger partial charge in [0, 0.05) is 17.5 Å². The molecule has 3 N–H and O–H groups in total. The molecule has 0 saturated carbocycles. The van der Waals surface area contributed by atoms with E-state index in [-0.39, 0.29) is 6.54 Å². The Kier molecular flexibility index (Phi) is 4.93. The van der Waals surface area contributed by atoms with Crippen LogP contribution in [0.5, 0.6) is 0 Å². The Labute approximate surface area is 119 Å². The van der Waals surface area contributed by atoms with Crippen LogP contribution in [0.15, 0.2) is 24.3 Å². The van der Waals surface area contributed by atoms with E-state index in [0.717, 1.165) is 6.26 Å². The summed E-state index contributed by atoms with van der Waals surface area (Å²) in [6, 6.07) is 6.84. The van der Waals surface area contributed by atoms with Crippen molar-refractivity contribution in [2.75, 3.05) is 18.1 Å². The van der Waals surface area contributed by atoms with E-state index in [1.807, 2.05) is 0 Å². The van der Waals surface area contributed by atoms with Crippen LogP contribution in [0, 0.1) is 11.8 Å². The highest BCUT2D eigenvalue weighted by Gasteiger charge is 2.38. The first-order chi connectivity index (χ1) is 9.18. The van der Waals surface area contributed by atoms with Gasteiger partial charge in [-0.25, -0.2) is 8.42 Å². The summed E-state index contributed by atoms with van der Waals surface area (Å²) in [7, 11) is -3.50. The van der Waals surface area contributed by atoms with Gasteiger partial charge in [-0.3, -0.25) is 4.79 Å². The van der Waals surface area contributed by atoms with E-state index in [9.17, 15) is 13.2 Å². The molecular weight excluding hydrogens is 276 g/mol. The molecule has 0 unspecified atom stereocenters. The van der Waals surface area contributed by atoms with Crippen LogP contribution >= 0.6 is 0 Å². The highest BCUT2D eigenvalue weighted by molar-refractivity contribution is 7.92. The second-order valence-electron chi connectivity index (χ2n) is 4.82. The Bertz CT molecular complexity index is 667. The summed E-state index contributed by atoms with van der Waals surface area (Å²) in [6.45, 7) is 2.99. The van der Waals surface area contributed by atoms with Gasteiger partial charge >= 0.3 is 0 Å². The monoisotopic (exact) mass is 294 g/mol. The van der Waals surface area contributed by atoms with E-state index >= 15 is 0 Å². The lowest BCUT2D eigenvalue weighted by Gasteiger charge is -2.21. The van der Waals surface area contributed by atoms with Gasteiger partial charge in [-0.05, 0) is 32.0 Å². The molecule has 1 amide bonds. The third-order valence-electron chi connectivity index (χ3n) is 2.93. The van der Waals surface area contributed by atoms with Gasteiger partial charge in [-0.15, -0.1) is 0 Å². The molecule has 0 atom stereocenters. The van der Waals surface area contributed by atoms with E-state index in [4.69, 9.17) is 5.73 Å². The molecule has 0 heterocycles. The Morgan fingerprint density at radius 3 is 2.60 bits per heavy atom. The van der Waals surface area contributed by atoms with Crippen LogP contribution in [-0.4, -0.2) is 31.9 Å². The van der Waals surface area contributed by atoms with E-state index in [1.54, 1.807) is 24.3 Å². The molecule has 0 saturated heterocycles. The van der Waals surface area contributed by atoms with Crippen molar-refractivity contribution in [3.63, 3.8) is 0 Å². The summed E-state index contributed by atoms with van der Waals surface area (Å²) in [5.74, 6) is 4.97. The van der Waals surface area contributed by atoms with E-state index in [0.29, 0.717) is 11.3 Å². The number of rotatable bonds is 3. The molecule has 1 rings (SSSR count). The number of sulfone groups is 1. The smallest absolute Gasteiger partial charge is 0.245 e. The third-order valence-corrected chi connectivity index (χ3v) is 4.97. The number of hydrogen-bond donors (Lipinski definition) is 2. The average Bonchev–Trinajstić information content (AvgIpc) is 2.35. The predicted molar refractivity (Wildman–Crippen MR) is 79.9 cm³/mol. The summed E-state index contributed by atoms with van der Waals surface area (Å²) in [5, 5.41) is 2.59. The topological polar surface area (TPSA) is 89.3 Å². The van der Waals surface area contributed by atoms with E-state index in [2.05, 4.69) is 17.2 Å². The quantitative estimate of drug-likeness (QED) is 0.805. The molecule has 1 aromatic carbocycles. The minimum atomic E-state index is -3.50. The lowest BCUT2D eigenvalue weighted by molar-refractivity contribution is -0.117. The van der Waals surface area contributed by atoms with Crippen molar-refractivity contribution in [3.8, 4) is 11.8 Å². The molecule has 0 radical (unpaired) electrons. The first-order valence-corrected chi connectivity index (χ1v) is 7.87. The average molecular weight is 294 g/mol. The molecule has 0 spiro atoms. The molecule has 108 valence electrons. The fourth-order valence-corrected chi connectivity index (χ4v) is 1.67. The van der Waals surface area contributed by atoms with E-state index < -0.39 is 20.5 Å². The molecule has 0 bridgehead atoms. The Hall–Kier alpha value is -1.84. The number of carbonyl (C=O) groups excluding carboxylic acids is 1. The zero-order chi connectivity index (χ0) is 15.4. The van der Waals surface area contributed by atoms with Crippen LogP contribution in [0.4, 0.5) is 5.69 Å². The molecule has 0 aliphatic heterocycles. The zero-order valence-electron chi connectivity index (χ0n) is 11.7. The molecule has 0 aromatic heterocycles. The minimum Gasteiger partial charge on any atom is -0.325 e. The maximum absolute atomic E-state index is 12.1. The van der Waals surface area contributed by atoms with Crippen molar-refractivity contribution in [1.82, 2.24) is 0 Å². The Balaban J connectivity index is 2.97. The summed E-state index contributed by atoms with van der Waals surface area (Å²) < 4.78 is 21.7. The van der Waals surface area contributed by atoms with Gasteiger partial charge in [-0.1, -0.05) is 17.9 Å². The number of hydrogen-bond acceptors (Lipinski definition) is 4. The summed E-state index contributed by atoms with van der Waals surface area (Å²) in [5.41, 5.74) is 6.49. The van der Waals surface area contributed by atoms with Crippen LogP contribution in [0.2, 0.25) is 0 Å². The largest absolute Gasteiger partial charge is 0.325 e. The van der Waals surface area contributed by atoms with Crippen molar-refractivity contribution in [1.29, 1.82) is 0 Å². The van der Waals surface area contributed by atoms with Crippen molar-refractivity contribution < 1.29 is 13.2 Å². The van der Waals surface area contributed by atoms with Gasteiger partial charge in [0.25, 0.3) is 0 Å². The zero-order valence-corrected chi connectivity index (χ0v) is 12.5. The molecule has 0 aliphatic rings. The van der Waals surface area contributed by atoms with Gasteiger partial charge in [0.1, 0.15) is 4.75 Å². The number of amides is 1. The van der Waals surface area contributed by atoms with Gasteiger partial charge in [0.05, 0.1) is 6.54 Å². The van der Waals surface area contributed by atoms with Crippen molar-refractivity contribution in [2.24, 2.45) is 5.73 Å². The summed E-state index contributed by atoms with van der Waals surface area (Å²) >= 11 is 0. The number of anilines is 1. The van der Waals surface area contributed by atoms with Gasteiger partial charge in [0.2, 0.25) is 5.91 Å². The predicted octanol–water partition coefficient (Wildman–Crippen LogP) is 0.759. The van der Waals surface area contributed by atoms with Gasteiger partial charge in [-0.2, -0.15) is 0 Å².